The fourth-order valence-corrected chi connectivity index (χ4v) is 3.69. The second-order valence-electron chi connectivity index (χ2n) is 5.26. The molecule has 120 valence electrons. The van der Waals surface area contributed by atoms with Crippen LogP contribution < -0.4 is 9.62 Å². The third-order valence-electron chi connectivity index (χ3n) is 3.42. The van der Waals surface area contributed by atoms with E-state index in [0.29, 0.717) is 24.2 Å². The molecular weight excluding hydrogens is 306 g/mol. The minimum absolute atomic E-state index is 0.0753. The van der Waals surface area contributed by atoms with E-state index in [4.69, 9.17) is 0 Å². The van der Waals surface area contributed by atoms with Crippen LogP contribution in [0.3, 0.4) is 0 Å². The van der Waals surface area contributed by atoms with Gasteiger partial charge in [0.25, 0.3) is 5.91 Å². The maximum atomic E-state index is 11.9. The molecule has 1 fully saturated rings. The summed E-state index contributed by atoms with van der Waals surface area (Å²) in [6.07, 6.45) is 0.608. The van der Waals surface area contributed by atoms with Gasteiger partial charge in [-0.3, -0.25) is 13.9 Å². The smallest absolute Gasteiger partial charge is 0.251 e. The first-order valence-corrected chi connectivity index (χ1v) is 8.51. The molecule has 0 radical (unpaired) electrons. The number of carbonyl (C=O) groups excluding carboxylic acids is 2. The van der Waals surface area contributed by atoms with Gasteiger partial charge in [0.1, 0.15) is 0 Å². The van der Waals surface area contributed by atoms with Crippen LogP contribution >= 0.6 is 0 Å². The van der Waals surface area contributed by atoms with Gasteiger partial charge in [0, 0.05) is 26.2 Å². The van der Waals surface area contributed by atoms with Crippen LogP contribution in [0.4, 0.5) is 5.69 Å². The van der Waals surface area contributed by atoms with Crippen LogP contribution in [0.1, 0.15) is 16.8 Å². The topological polar surface area (TPSA) is 86.8 Å². The summed E-state index contributed by atoms with van der Waals surface area (Å²) >= 11 is 0. The molecule has 1 aliphatic rings. The first-order chi connectivity index (χ1) is 10.3. The number of anilines is 1. The summed E-state index contributed by atoms with van der Waals surface area (Å²) in [5.41, 5.74) is 0.935. The molecule has 1 heterocycles. The minimum Gasteiger partial charge on any atom is -0.347 e. The Labute approximate surface area is 129 Å². The summed E-state index contributed by atoms with van der Waals surface area (Å²) in [6, 6.07) is 6.31. The Hall–Kier alpha value is -2.09. The molecule has 0 spiro atoms. The lowest BCUT2D eigenvalue weighted by Crippen LogP contribution is -2.36. The number of rotatable bonds is 4. The first-order valence-electron chi connectivity index (χ1n) is 6.90. The molecule has 0 aromatic heterocycles. The fourth-order valence-electron chi connectivity index (χ4n) is 2.12. The van der Waals surface area contributed by atoms with E-state index in [0.717, 1.165) is 0 Å². The van der Waals surface area contributed by atoms with Gasteiger partial charge in [-0.05, 0) is 30.7 Å². The highest BCUT2D eigenvalue weighted by Crippen LogP contribution is 2.24. The highest BCUT2D eigenvalue weighted by atomic mass is 32.2. The summed E-state index contributed by atoms with van der Waals surface area (Å²) in [6.45, 7) is 0.388. The number of likely N-dealkylation sites (N-methyl/N-ethyl adjacent to an activating group) is 1. The van der Waals surface area contributed by atoms with E-state index >= 15 is 0 Å². The van der Waals surface area contributed by atoms with Crippen LogP contribution in [-0.2, 0) is 14.8 Å². The molecule has 0 bridgehead atoms. The predicted octanol–water partition coefficient (Wildman–Crippen LogP) is 0.0445. The molecule has 0 saturated carbocycles. The van der Waals surface area contributed by atoms with Gasteiger partial charge in [0.2, 0.25) is 15.9 Å². The molecule has 2 amide bonds. The summed E-state index contributed by atoms with van der Waals surface area (Å²) in [7, 11) is 0.000144. The lowest BCUT2D eigenvalue weighted by atomic mass is 10.2. The number of sulfonamides is 1. The molecule has 7 nitrogen and oxygen atoms in total. The van der Waals surface area contributed by atoms with Gasteiger partial charge in [0.15, 0.2) is 0 Å². The monoisotopic (exact) mass is 325 g/mol. The summed E-state index contributed by atoms with van der Waals surface area (Å²) in [5.74, 6) is -0.416. The van der Waals surface area contributed by atoms with E-state index in [-0.39, 0.29) is 24.1 Å². The van der Waals surface area contributed by atoms with E-state index < -0.39 is 10.0 Å². The molecule has 1 N–H and O–H groups in total. The first kappa shape index (κ1) is 16.3. The van der Waals surface area contributed by atoms with Crippen molar-refractivity contribution in [2.75, 3.05) is 37.2 Å². The fraction of sp³-hybridized carbons (Fsp3) is 0.429. The van der Waals surface area contributed by atoms with Crippen molar-refractivity contribution in [2.24, 2.45) is 0 Å². The standard InChI is InChI=1S/C14H19N3O4S/c1-16(2)13(18)10-15-14(19)11-4-6-12(7-5-11)17-8-3-9-22(17,20)21/h4-7H,3,8-10H2,1-2H3,(H,15,19). The van der Waals surface area contributed by atoms with Crippen molar-refractivity contribution in [1.82, 2.24) is 10.2 Å². The number of hydrogen-bond donors (Lipinski definition) is 1. The van der Waals surface area contributed by atoms with Gasteiger partial charge in [-0.15, -0.1) is 0 Å². The van der Waals surface area contributed by atoms with E-state index in [9.17, 15) is 18.0 Å². The number of carbonyl (C=O) groups is 2. The van der Waals surface area contributed by atoms with Gasteiger partial charge in [-0.1, -0.05) is 0 Å². The molecule has 2 rings (SSSR count). The number of amides is 2. The second-order valence-corrected chi connectivity index (χ2v) is 7.27. The SMILES string of the molecule is CN(C)C(=O)CNC(=O)c1ccc(N2CCCS2(=O)=O)cc1. The van der Waals surface area contributed by atoms with Gasteiger partial charge >= 0.3 is 0 Å². The molecule has 1 saturated heterocycles. The maximum absolute atomic E-state index is 11.9. The average molecular weight is 325 g/mol. The third kappa shape index (κ3) is 3.56. The minimum atomic E-state index is -3.22. The third-order valence-corrected chi connectivity index (χ3v) is 5.29. The zero-order valence-corrected chi connectivity index (χ0v) is 13.4. The van der Waals surface area contributed by atoms with Crippen molar-refractivity contribution in [2.45, 2.75) is 6.42 Å². The molecule has 1 aromatic rings. The number of nitrogens with zero attached hydrogens (tertiary/aromatic N) is 2. The van der Waals surface area contributed by atoms with Crippen molar-refractivity contribution in [3.05, 3.63) is 29.8 Å². The normalized spacial score (nSPS) is 16.4. The molecule has 22 heavy (non-hydrogen) atoms. The summed E-state index contributed by atoms with van der Waals surface area (Å²) < 4.78 is 25.0. The van der Waals surface area contributed by atoms with Crippen molar-refractivity contribution < 1.29 is 18.0 Å². The highest BCUT2D eigenvalue weighted by Gasteiger charge is 2.28. The highest BCUT2D eigenvalue weighted by molar-refractivity contribution is 7.93. The van der Waals surface area contributed by atoms with Crippen LogP contribution in [0, 0.1) is 0 Å². The maximum Gasteiger partial charge on any atom is 0.251 e. The molecule has 0 unspecified atom stereocenters. The largest absolute Gasteiger partial charge is 0.347 e. The zero-order valence-electron chi connectivity index (χ0n) is 12.6. The van der Waals surface area contributed by atoms with Crippen molar-refractivity contribution in [3.63, 3.8) is 0 Å². The molecule has 1 aromatic carbocycles. The van der Waals surface area contributed by atoms with Crippen molar-refractivity contribution >= 4 is 27.5 Å². The van der Waals surface area contributed by atoms with Crippen LogP contribution in [-0.4, -0.2) is 58.1 Å². The van der Waals surface area contributed by atoms with Gasteiger partial charge in [-0.2, -0.15) is 0 Å². The van der Waals surface area contributed by atoms with E-state index in [2.05, 4.69) is 5.32 Å². The Morgan fingerprint density at radius 3 is 2.36 bits per heavy atom. The second kappa shape index (κ2) is 6.35. The number of benzene rings is 1. The van der Waals surface area contributed by atoms with E-state index in [1.165, 1.54) is 9.21 Å². The number of nitrogens with one attached hydrogen (secondary N) is 1. The van der Waals surface area contributed by atoms with E-state index in [1.54, 1.807) is 38.4 Å². The van der Waals surface area contributed by atoms with Gasteiger partial charge < -0.3 is 10.2 Å². The quantitative estimate of drug-likeness (QED) is 0.847. The van der Waals surface area contributed by atoms with Crippen molar-refractivity contribution in [3.8, 4) is 0 Å². The lowest BCUT2D eigenvalue weighted by Gasteiger charge is -2.17. The average Bonchev–Trinajstić information content (AvgIpc) is 2.83. The molecule has 8 heteroatoms. The Morgan fingerprint density at radius 1 is 1.23 bits per heavy atom. The van der Waals surface area contributed by atoms with Crippen LogP contribution in [0.5, 0.6) is 0 Å². The summed E-state index contributed by atoms with van der Waals surface area (Å²) in [5, 5.41) is 2.52. The molecular formula is C14H19N3O4S. The Morgan fingerprint density at radius 2 is 1.86 bits per heavy atom. The molecule has 1 aliphatic heterocycles. The van der Waals surface area contributed by atoms with Crippen LogP contribution in [0.15, 0.2) is 24.3 Å². The predicted molar refractivity (Wildman–Crippen MR) is 83.2 cm³/mol. The Kier molecular flexibility index (Phi) is 4.70. The Balaban J connectivity index is 2.03. The summed E-state index contributed by atoms with van der Waals surface area (Å²) in [4.78, 5) is 24.7. The van der Waals surface area contributed by atoms with Crippen molar-refractivity contribution in [1.29, 1.82) is 0 Å². The van der Waals surface area contributed by atoms with Gasteiger partial charge in [-0.25, -0.2) is 8.42 Å². The van der Waals surface area contributed by atoms with Gasteiger partial charge in [0.05, 0.1) is 18.0 Å². The van der Waals surface area contributed by atoms with E-state index in [1.807, 2.05) is 0 Å². The molecule has 0 aliphatic carbocycles. The molecule has 0 atom stereocenters. The number of hydrogen-bond acceptors (Lipinski definition) is 4. The zero-order chi connectivity index (χ0) is 16.3. The Bertz CT molecular complexity index is 668. The van der Waals surface area contributed by atoms with Crippen LogP contribution in [0.25, 0.3) is 0 Å². The van der Waals surface area contributed by atoms with Crippen LogP contribution in [0.2, 0.25) is 0 Å². The lowest BCUT2D eigenvalue weighted by molar-refractivity contribution is -0.127.